The van der Waals surface area contributed by atoms with Crippen molar-refractivity contribution < 1.29 is 4.79 Å². The van der Waals surface area contributed by atoms with Gasteiger partial charge in [-0.15, -0.1) is 10.2 Å². The van der Waals surface area contributed by atoms with Crippen LogP contribution in [0.15, 0.2) is 29.4 Å². The van der Waals surface area contributed by atoms with Crippen LogP contribution < -0.4 is 10.7 Å². The molecule has 116 valence electrons. The van der Waals surface area contributed by atoms with Crippen LogP contribution in [0.5, 0.6) is 0 Å². The molecule has 1 aliphatic heterocycles. The molecule has 6 nitrogen and oxygen atoms in total. The molecule has 1 amide bonds. The number of piperidine rings is 1. The lowest BCUT2D eigenvalue weighted by molar-refractivity contribution is -0.119. The number of nitrogen functional groups attached to an aromatic ring is 1. The second-order valence-electron chi connectivity index (χ2n) is 5.47. The lowest BCUT2D eigenvalue weighted by Crippen LogP contribution is -2.43. The summed E-state index contributed by atoms with van der Waals surface area (Å²) in [6, 6.07) is 8.05. The van der Waals surface area contributed by atoms with E-state index in [1.165, 1.54) is 22.0 Å². The molecule has 1 aromatic carbocycles. The summed E-state index contributed by atoms with van der Waals surface area (Å²) in [4.78, 5) is 14.6. The normalized spacial score (nSPS) is 18.7. The van der Waals surface area contributed by atoms with Gasteiger partial charge in [0.15, 0.2) is 0 Å². The van der Waals surface area contributed by atoms with E-state index < -0.39 is 0 Å². The van der Waals surface area contributed by atoms with E-state index in [-0.39, 0.29) is 11.2 Å². The van der Waals surface area contributed by atoms with Crippen molar-refractivity contribution >= 4 is 23.4 Å². The van der Waals surface area contributed by atoms with Crippen molar-refractivity contribution in [3.05, 3.63) is 35.7 Å². The molecule has 3 rings (SSSR count). The second kappa shape index (κ2) is 6.00. The molecule has 0 unspecified atom stereocenters. The van der Waals surface area contributed by atoms with Gasteiger partial charge in [-0.25, -0.2) is 4.68 Å². The summed E-state index contributed by atoms with van der Waals surface area (Å²) in [6.07, 6.45) is 1.80. The van der Waals surface area contributed by atoms with Gasteiger partial charge < -0.3 is 10.7 Å². The number of hydrogen-bond acceptors (Lipinski definition) is 5. The SMILES string of the molecule is Cc1ccc(N2CCC[C@@H](Sc3nnc(C)n3N)C2=O)cc1. The number of nitrogens with two attached hydrogens (primary N) is 1. The van der Waals surface area contributed by atoms with Crippen molar-refractivity contribution in [3.8, 4) is 0 Å². The third-order valence-corrected chi connectivity index (χ3v) is 5.03. The summed E-state index contributed by atoms with van der Waals surface area (Å²) in [7, 11) is 0. The van der Waals surface area contributed by atoms with Crippen LogP contribution in [0.25, 0.3) is 0 Å². The molecule has 2 heterocycles. The number of hydrogen-bond donors (Lipinski definition) is 1. The van der Waals surface area contributed by atoms with Gasteiger partial charge in [0.05, 0.1) is 5.25 Å². The maximum absolute atomic E-state index is 12.7. The number of thioether (sulfide) groups is 1. The number of rotatable bonds is 3. The van der Waals surface area contributed by atoms with Crippen molar-refractivity contribution in [2.24, 2.45) is 0 Å². The first-order chi connectivity index (χ1) is 10.6. The number of nitrogens with zero attached hydrogens (tertiary/aromatic N) is 4. The van der Waals surface area contributed by atoms with Crippen LogP contribution in [-0.2, 0) is 4.79 Å². The number of amides is 1. The average Bonchev–Trinajstić information content (AvgIpc) is 2.82. The molecule has 1 fully saturated rings. The zero-order chi connectivity index (χ0) is 15.7. The maximum Gasteiger partial charge on any atom is 0.240 e. The molecule has 7 heteroatoms. The summed E-state index contributed by atoms with van der Waals surface area (Å²) in [6.45, 7) is 4.59. The largest absolute Gasteiger partial charge is 0.336 e. The number of carbonyl (C=O) groups excluding carboxylic acids is 1. The molecule has 0 bridgehead atoms. The van der Waals surface area contributed by atoms with Crippen molar-refractivity contribution in [2.45, 2.75) is 37.1 Å². The Morgan fingerprint density at radius 1 is 1.23 bits per heavy atom. The molecule has 1 atom stereocenters. The van der Waals surface area contributed by atoms with Crippen LogP contribution in [0, 0.1) is 13.8 Å². The molecule has 0 radical (unpaired) electrons. The second-order valence-corrected chi connectivity index (χ2v) is 6.64. The van der Waals surface area contributed by atoms with Gasteiger partial charge >= 0.3 is 0 Å². The number of anilines is 1. The Kier molecular flexibility index (Phi) is 4.06. The van der Waals surface area contributed by atoms with Crippen LogP contribution in [0.4, 0.5) is 5.69 Å². The van der Waals surface area contributed by atoms with E-state index in [9.17, 15) is 4.79 Å². The fraction of sp³-hybridized carbons (Fsp3) is 0.400. The highest BCUT2D eigenvalue weighted by Gasteiger charge is 2.31. The van der Waals surface area contributed by atoms with Crippen molar-refractivity contribution in [1.29, 1.82) is 0 Å². The predicted octanol–water partition coefficient (Wildman–Crippen LogP) is 1.90. The Bertz CT molecular complexity index is 682. The van der Waals surface area contributed by atoms with E-state index in [1.807, 2.05) is 36.1 Å². The molecule has 0 aliphatic carbocycles. The Balaban J connectivity index is 1.78. The van der Waals surface area contributed by atoms with Gasteiger partial charge in [0.25, 0.3) is 0 Å². The first kappa shape index (κ1) is 14.9. The standard InChI is InChI=1S/C15H19N5OS/c1-10-5-7-12(8-6-10)19-9-3-4-13(14(19)21)22-15-18-17-11(2)20(15)16/h5-8,13H,3-4,9,16H2,1-2H3/t13-/m1/s1. The summed E-state index contributed by atoms with van der Waals surface area (Å²) in [5.74, 6) is 6.63. The van der Waals surface area contributed by atoms with Crippen LogP contribution in [0.2, 0.25) is 0 Å². The topological polar surface area (TPSA) is 77.0 Å². The molecule has 22 heavy (non-hydrogen) atoms. The lowest BCUT2D eigenvalue weighted by atomic mass is 10.1. The zero-order valence-corrected chi connectivity index (χ0v) is 13.5. The monoisotopic (exact) mass is 317 g/mol. The van der Waals surface area contributed by atoms with E-state index in [1.54, 1.807) is 6.92 Å². The zero-order valence-electron chi connectivity index (χ0n) is 12.7. The summed E-state index contributed by atoms with van der Waals surface area (Å²) < 4.78 is 1.43. The molecule has 0 saturated carbocycles. The first-order valence-corrected chi connectivity index (χ1v) is 8.16. The van der Waals surface area contributed by atoms with Crippen LogP contribution >= 0.6 is 11.8 Å². The summed E-state index contributed by atoms with van der Waals surface area (Å²) in [5, 5.41) is 8.39. The molecule has 0 spiro atoms. The molecule has 1 saturated heterocycles. The van der Waals surface area contributed by atoms with Gasteiger partial charge in [0.1, 0.15) is 5.82 Å². The number of aryl methyl sites for hydroxylation is 2. The Hall–Kier alpha value is -2.02. The van der Waals surface area contributed by atoms with E-state index in [0.717, 1.165) is 25.1 Å². The summed E-state index contributed by atoms with van der Waals surface area (Å²) in [5.41, 5.74) is 2.14. The molecule has 2 N–H and O–H groups in total. The highest BCUT2D eigenvalue weighted by molar-refractivity contribution is 8.00. The van der Waals surface area contributed by atoms with E-state index >= 15 is 0 Å². The molecule has 1 aliphatic rings. The third kappa shape index (κ3) is 2.81. The molecule has 2 aromatic rings. The third-order valence-electron chi connectivity index (χ3n) is 3.82. The highest BCUT2D eigenvalue weighted by atomic mass is 32.2. The van der Waals surface area contributed by atoms with E-state index in [4.69, 9.17) is 5.84 Å². The van der Waals surface area contributed by atoms with Crippen molar-refractivity contribution in [3.63, 3.8) is 0 Å². The number of carbonyl (C=O) groups is 1. The molecular formula is C15H19N5OS. The first-order valence-electron chi connectivity index (χ1n) is 7.28. The summed E-state index contributed by atoms with van der Waals surface area (Å²) >= 11 is 1.39. The minimum atomic E-state index is -0.166. The smallest absolute Gasteiger partial charge is 0.240 e. The Labute approximate surface area is 133 Å². The van der Waals surface area contributed by atoms with Crippen LogP contribution in [0.3, 0.4) is 0 Å². The quantitative estimate of drug-likeness (QED) is 0.875. The Morgan fingerprint density at radius 3 is 2.59 bits per heavy atom. The Morgan fingerprint density at radius 2 is 1.95 bits per heavy atom. The van der Waals surface area contributed by atoms with Gasteiger partial charge in [-0.1, -0.05) is 29.5 Å². The van der Waals surface area contributed by atoms with Gasteiger partial charge in [0.2, 0.25) is 11.1 Å². The van der Waals surface area contributed by atoms with E-state index in [2.05, 4.69) is 10.2 Å². The fourth-order valence-corrected chi connectivity index (χ4v) is 3.59. The van der Waals surface area contributed by atoms with E-state index in [0.29, 0.717) is 11.0 Å². The minimum absolute atomic E-state index is 0.112. The average molecular weight is 317 g/mol. The number of benzene rings is 1. The van der Waals surface area contributed by atoms with Crippen molar-refractivity contribution in [2.75, 3.05) is 17.3 Å². The fourth-order valence-electron chi connectivity index (χ4n) is 2.49. The van der Waals surface area contributed by atoms with Gasteiger partial charge in [-0.3, -0.25) is 4.79 Å². The van der Waals surface area contributed by atoms with Crippen molar-refractivity contribution in [1.82, 2.24) is 14.9 Å². The van der Waals surface area contributed by atoms with Gasteiger partial charge in [0, 0.05) is 12.2 Å². The number of aromatic nitrogens is 3. The predicted molar refractivity (Wildman–Crippen MR) is 87.3 cm³/mol. The van der Waals surface area contributed by atoms with Gasteiger partial charge in [-0.2, -0.15) is 0 Å². The maximum atomic E-state index is 12.7. The highest BCUT2D eigenvalue weighted by Crippen LogP contribution is 2.31. The van der Waals surface area contributed by atoms with Crippen LogP contribution in [-0.4, -0.2) is 32.6 Å². The van der Waals surface area contributed by atoms with Crippen LogP contribution in [0.1, 0.15) is 24.2 Å². The lowest BCUT2D eigenvalue weighted by Gasteiger charge is -2.31. The minimum Gasteiger partial charge on any atom is -0.336 e. The van der Waals surface area contributed by atoms with Gasteiger partial charge in [-0.05, 0) is 38.8 Å². The molecular weight excluding hydrogens is 298 g/mol. The molecule has 1 aromatic heterocycles.